The number of fused-ring (bicyclic) bond motifs is 1. The first-order valence-corrected chi connectivity index (χ1v) is 9.46. The number of aliphatic imine (C=N–C) groups is 1. The van der Waals surface area contributed by atoms with E-state index in [4.69, 9.17) is 22.1 Å². The van der Waals surface area contributed by atoms with E-state index in [1.807, 2.05) is 6.07 Å². The smallest absolute Gasteiger partial charge is 0.254 e. The lowest BCUT2D eigenvalue weighted by molar-refractivity contribution is -0.108. The van der Waals surface area contributed by atoms with Gasteiger partial charge in [0.15, 0.2) is 0 Å². The van der Waals surface area contributed by atoms with Crippen LogP contribution >= 0.6 is 11.6 Å². The van der Waals surface area contributed by atoms with E-state index in [-0.39, 0.29) is 23.5 Å². The van der Waals surface area contributed by atoms with E-state index in [2.05, 4.69) is 16.9 Å². The van der Waals surface area contributed by atoms with Crippen LogP contribution in [0.4, 0.5) is 0 Å². The summed E-state index contributed by atoms with van der Waals surface area (Å²) in [5.74, 6) is 0.321. The zero-order valence-corrected chi connectivity index (χ0v) is 16.2. The van der Waals surface area contributed by atoms with Crippen molar-refractivity contribution in [3.63, 3.8) is 0 Å². The SMILES string of the molecule is C=C(/N=C\C(Cl)=C(/N)c1ccc2c(c1)C(=O)N(CC=O)C2)NC1CCOCC1. The second-order valence-electron chi connectivity index (χ2n) is 6.72. The Bertz CT molecular complexity index is 844. The van der Waals surface area contributed by atoms with Gasteiger partial charge in [-0.15, -0.1) is 0 Å². The maximum absolute atomic E-state index is 12.4. The van der Waals surface area contributed by atoms with E-state index in [0.717, 1.165) is 31.6 Å². The Morgan fingerprint density at radius 1 is 1.43 bits per heavy atom. The van der Waals surface area contributed by atoms with Crippen molar-refractivity contribution < 1.29 is 14.3 Å². The summed E-state index contributed by atoms with van der Waals surface area (Å²) in [6.45, 7) is 5.83. The first-order chi connectivity index (χ1) is 13.5. The fourth-order valence-corrected chi connectivity index (χ4v) is 3.38. The molecule has 3 N–H and O–H groups in total. The molecule has 8 heteroatoms. The lowest BCUT2D eigenvalue weighted by atomic mass is 10.0. The van der Waals surface area contributed by atoms with Gasteiger partial charge in [-0.3, -0.25) is 4.79 Å². The Morgan fingerprint density at radius 3 is 2.89 bits per heavy atom. The van der Waals surface area contributed by atoms with Crippen LogP contribution in [0.1, 0.15) is 34.3 Å². The molecule has 0 atom stereocenters. The average Bonchev–Trinajstić information content (AvgIpc) is 3.01. The monoisotopic (exact) mass is 402 g/mol. The summed E-state index contributed by atoms with van der Waals surface area (Å²) in [4.78, 5) is 28.8. The molecular formula is C20H23ClN4O3. The zero-order valence-electron chi connectivity index (χ0n) is 15.5. The van der Waals surface area contributed by atoms with Crippen molar-refractivity contribution in [2.24, 2.45) is 10.7 Å². The summed E-state index contributed by atoms with van der Waals surface area (Å²) < 4.78 is 5.32. The van der Waals surface area contributed by atoms with Crippen LogP contribution < -0.4 is 11.1 Å². The number of halogens is 1. The molecule has 0 bridgehead atoms. The molecule has 1 amide bonds. The first-order valence-electron chi connectivity index (χ1n) is 9.08. The summed E-state index contributed by atoms with van der Waals surface area (Å²) in [7, 11) is 0. The highest BCUT2D eigenvalue weighted by molar-refractivity contribution is 6.42. The van der Waals surface area contributed by atoms with Gasteiger partial charge in [0.2, 0.25) is 0 Å². The molecule has 7 nitrogen and oxygen atoms in total. The van der Waals surface area contributed by atoms with Gasteiger partial charge in [0.05, 0.1) is 17.3 Å². The standard InChI is InChI=1S/C20H23ClN4O3/c1-13(24-16-4-8-28-9-5-16)23-11-18(21)19(22)14-2-3-15-12-25(6-7-26)20(27)17(15)10-14/h2-3,7,10-11,16,24H,1,4-6,8-9,12,22H2/b19-18+,23-11-. The van der Waals surface area contributed by atoms with E-state index in [1.165, 1.54) is 11.1 Å². The van der Waals surface area contributed by atoms with Crippen LogP contribution in [0.5, 0.6) is 0 Å². The van der Waals surface area contributed by atoms with E-state index in [9.17, 15) is 9.59 Å². The molecule has 0 unspecified atom stereocenters. The highest BCUT2D eigenvalue weighted by Crippen LogP contribution is 2.26. The molecule has 2 heterocycles. The van der Waals surface area contributed by atoms with E-state index in [0.29, 0.717) is 35.5 Å². The number of rotatable bonds is 7. The molecule has 1 aromatic carbocycles. The van der Waals surface area contributed by atoms with Crippen LogP contribution in [0.2, 0.25) is 0 Å². The Morgan fingerprint density at radius 2 is 2.18 bits per heavy atom. The van der Waals surface area contributed by atoms with Crippen LogP contribution in [-0.2, 0) is 16.1 Å². The van der Waals surface area contributed by atoms with Gasteiger partial charge in [0, 0.05) is 37.6 Å². The van der Waals surface area contributed by atoms with Crippen LogP contribution in [0.3, 0.4) is 0 Å². The van der Waals surface area contributed by atoms with Crippen molar-refractivity contribution in [2.45, 2.75) is 25.4 Å². The van der Waals surface area contributed by atoms with E-state index in [1.54, 1.807) is 12.1 Å². The zero-order chi connectivity index (χ0) is 20.1. The van der Waals surface area contributed by atoms with Crippen molar-refractivity contribution in [3.8, 4) is 0 Å². The van der Waals surface area contributed by atoms with Crippen LogP contribution in [0, 0.1) is 0 Å². The van der Waals surface area contributed by atoms with E-state index >= 15 is 0 Å². The highest BCUT2D eigenvalue weighted by Gasteiger charge is 2.27. The molecule has 0 spiro atoms. The number of benzene rings is 1. The lowest BCUT2D eigenvalue weighted by Gasteiger charge is -2.23. The van der Waals surface area contributed by atoms with Gasteiger partial charge in [-0.25, -0.2) is 4.99 Å². The molecular weight excluding hydrogens is 380 g/mol. The molecule has 148 valence electrons. The van der Waals surface area contributed by atoms with Crippen LogP contribution in [-0.4, -0.2) is 49.1 Å². The number of nitrogens with one attached hydrogen (secondary N) is 1. The predicted octanol–water partition coefficient (Wildman–Crippen LogP) is 2.02. The van der Waals surface area contributed by atoms with Crippen LogP contribution in [0.25, 0.3) is 5.70 Å². The highest BCUT2D eigenvalue weighted by atomic mass is 35.5. The number of aldehydes is 1. The summed E-state index contributed by atoms with van der Waals surface area (Å²) >= 11 is 6.29. The van der Waals surface area contributed by atoms with Crippen molar-refractivity contribution in [2.75, 3.05) is 19.8 Å². The normalized spacial score (nSPS) is 18.2. The number of allylic oxidation sites excluding steroid dienone is 1. The molecule has 2 aliphatic heterocycles. The van der Waals surface area contributed by atoms with Crippen molar-refractivity contribution in [1.82, 2.24) is 10.2 Å². The molecule has 1 saturated heterocycles. The minimum atomic E-state index is -0.185. The third-order valence-electron chi connectivity index (χ3n) is 4.78. The third kappa shape index (κ3) is 4.61. The molecule has 0 aliphatic carbocycles. The Balaban J connectivity index is 1.69. The Hall–Kier alpha value is -2.64. The molecule has 0 aromatic heterocycles. The molecule has 3 rings (SSSR count). The molecule has 1 fully saturated rings. The summed E-state index contributed by atoms with van der Waals surface area (Å²) in [5.41, 5.74) is 8.49. The van der Waals surface area contributed by atoms with Gasteiger partial charge >= 0.3 is 0 Å². The Kier molecular flexibility index (Phi) is 6.49. The topological polar surface area (TPSA) is 97.0 Å². The summed E-state index contributed by atoms with van der Waals surface area (Å²) in [5, 5.41) is 3.49. The summed E-state index contributed by atoms with van der Waals surface area (Å²) in [6.07, 6.45) is 3.97. The number of hydrogen-bond acceptors (Lipinski definition) is 6. The quantitative estimate of drug-likeness (QED) is 0.537. The maximum Gasteiger partial charge on any atom is 0.254 e. The number of ether oxygens (including phenoxy) is 1. The maximum atomic E-state index is 12.4. The van der Waals surface area contributed by atoms with Gasteiger partial charge in [-0.2, -0.15) is 0 Å². The van der Waals surface area contributed by atoms with Crippen LogP contribution in [0.15, 0.2) is 40.6 Å². The second-order valence-corrected chi connectivity index (χ2v) is 7.13. The largest absolute Gasteiger partial charge is 0.397 e. The van der Waals surface area contributed by atoms with E-state index < -0.39 is 0 Å². The molecule has 0 radical (unpaired) electrons. The first kappa shape index (κ1) is 20.1. The lowest BCUT2D eigenvalue weighted by Crippen LogP contribution is -2.33. The van der Waals surface area contributed by atoms with Gasteiger partial charge < -0.3 is 25.5 Å². The molecule has 0 saturated carbocycles. The third-order valence-corrected chi connectivity index (χ3v) is 5.08. The number of hydrogen-bond donors (Lipinski definition) is 2. The van der Waals surface area contributed by atoms with Crippen molar-refractivity contribution >= 4 is 35.7 Å². The van der Waals surface area contributed by atoms with Gasteiger partial charge in [0.1, 0.15) is 12.1 Å². The van der Waals surface area contributed by atoms with Gasteiger partial charge in [-0.1, -0.05) is 30.3 Å². The molecule has 2 aliphatic rings. The minimum Gasteiger partial charge on any atom is -0.397 e. The predicted molar refractivity (Wildman–Crippen MR) is 109 cm³/mol. The minimum absolute atomic E-state index is 0.0732. The number of carbonyl (C=O) groups excluding carboxylic acids is 2. The summed E-state index contributed by atoms with van der Waals surface area (Å²) in [6, 6.07) is 5.61. The van der Waals surface area contributed by atoms with Crippen molar-refractivity contribution in [3.05, 3.63) is 52.3 Å². The van der Waals surface area contributed by atoms with Gasteiger partial charge in [-0.05, 0) is 30.0 Å². The number of carbonyl (C=O) groups is 2. The number of amides is 1. The number of nitrogens with two attached hydrogens (primary N) is 1. The molecule has 1 aromatic rings. The number of nitrogens with zero attached hydrogens (tertiary/aromatic N) is 2. The fraction of sp³-hybridized carbons (Fsp3) is 0.350. The van der Waals surface area contributed by atoms with Gasteiger partial charge in [0.25, 0.3) is 5.91 Å². The average molecular weight is 403 g/mol. The molecule has 28 heavy (non-hydrogen) atoms. The Labute approximate surface area is 168 Å². The second kappa shape index (κ2) is 9.03. The fourth-order valence-electron chi connectivity index (χ4n) is 3.22. The van der Waals surface area contributed by atoms with Crippen molar-refractivity contribution in [1.29, 1.82) is 0 Å².